The number of hydrogen-bond acceptors (Lipinski definition) is 6. The first-order valence-electron chi connectivity index (χ1n) is 11.7. The average molecular weight is 442 g/mol. The molecule has 1 aliphatic carbocycles. The Morgan fingerprint density at radius 2 is 1.84 bits per heavy atom. The summed E-state index contributed by atoms with van der Waals surface area (Å²) in [4.78, 5) is 40.7. The van der Waals surface area contributed by atoms with Crippen LogP contribution < -0.4 is 10.1 Å². The maximum absolute atomic E-state index is 12.9. The molecule has 3 atom stereocenters. The van der Waals surface area contributed by atoms with E-state index in [-0.39, 0.29) is 30.2 Å². The number of imide groups is 1. The Balaban J connectivity index is 1.29. The molecule has 0 spiro atoms. The maximum atomic E-state index is 12.9. The molecule has 0 bridgehead atoms. The van der Waals surface area contributed by atoms with E-state index in [1.807, 2.05) is 18.2 Å². The van der Waals surface area contributed by atoms with Crippen molar-refractivity contribution >= 4 is 17.7 Å². The van der Waals surface area contributed by atoms with Crippen LogP contribution in [0.5, 0.6) is 5.75 Å². The minimum Gasteiger partial charge on any atom is -0.489 e. The molecule has 1 aromatic carbocycles. The number of nitrogens with one attached hydrogen (secondary N) is 1. The number of likely N-dealkylation sites (tertiary alicyclic amines) is 1. The van der Waals surface area contributed by atoms with E-state index in [4.69, 9.17) is 9.47 Å². The van der Waals surface area contributed by atoms with Crippen LogP contribution in [-0.2, 0) is 20.9 Å². The molecule has 3 amide bonds. The highest BCUT2D eigenvalue weighted by Crippen LogP contribution is 2.33. The van der Waals surface area contributed by atoms with Gasteiger partial charge in [-0.3, -0.25) is 24.6 Å². The highest BCUT2D eigenvalue weighted by molar-refractivity contribution is 6.05. The Kier molecular flexibility index (Phi) is 5.90. The van der Waals surface area contributed by atoms with Crippen molar-refractivity contribution in [1.29, 1.82) is 0 Å². The Hall–Kier alpha value is -2.45. The van der Waals surface area contributed by atoms with Gasteiger partial charge >= 0.3 is 0 Å². The van der Waals surface area contributed by atoms with Crippen LogP contribution in [-0.4, -0.2) is 72.0 Å². The molecular formula is C24H31N3O5. The molecule has 2 saturated heterocycles. The summed E-state index contributed by atoms with van der Waals surface area (Å²) in [5.74, 6) is -0.0332. The molecule has 8 nitrogen and oxygen atoms in total. The molecule has 32 heavy (non-hydrogen) atoms. The number of amides is 3. The lowest BCUT2D eigenvalue weighted by atomic mass is 9.98. The Morgan fingerprint density at radius 3 is 2.62 bits per heavy atom. The second kappa shape index (κ2) is 8.83. The van der Waals surface area contributed by atoms with Crippen LogP contribution in [0.2, 0.25) is 0 Å². The lowest BCUT2D eigenvalue weighted by Gasteiger charge is -2.45. The average Bonchev–Trinajstić information content (AvgIpc) is 2.90. The van der Waals surface area contributed by atoms with E-state index in [0.717, 1.165) is 43.7 Å². The van der Waals surface area contributed by atoms with Crippen LogP contribution in [0.15, 0.2) is 18.2 Å². The van der Waals surface area contributed by atoms with Crippen molar-refractivity contribution < 1.29 is 23.9 Å². The van der Waals surface area contributed by atoms with Crippen molar-refractivity contribution in [3.63, 3.8) is 0 Å². The zero-order valence-corrected chi connectivity index (χ0v) is 18.5. The molecule has 3 fully saturated rings. The van der Waals surface area contributed by atoms with E-state index in [0.29, 0.717) is 30.7 Å². The Bertz CT molecular complexity index is 913. The topological polar surface area (TPSA) is 88.2 Å². The second-order valence-corrected chi connectivity index (χ2v) is 9.39. The Morgan fingerprint density at radius 1 is 1.03 bits per heavy atom. The Labute approximate surface area is 188 Å². The van der Waals surface area contributed by atoms with Crippen LogP contribution in [0, 0.1) is 0 Å². The molecule has 3 heterocycles. The first-order valence-corrected chi connectivity index (χ1v) is 11.7. The summed E-state index contributed by atoms with van der Waals surface area (Å²) in [5.41, 5.74) is 1.50. The van der Waals surface area contributed by atoms with Gasteiger partial charge in [-0.15, -0.1) is 0 Å². The molecule has 5 rings (SSSR count). The van der Waals surface area contributed by atoms with Crippen molar-refractivity contribution in [3.05, 3.63) is 29.3 Å². The number of ether oxygens (including phenoxy) is 2. The summed E-state index contributed by atoms with van der Waals surface area (Å²) in [6.45, 7) is 2.29. The van der Waals surface area contributed by atoms with Crippen LogP contribution >= 0.6 is 0 Å². The van der Waals surface area contributed by atoms with Gasteiger partial charge in [-0.2, -0.15) is 0 Å². The number of carbonyl (C=O) groups is 3. The summed E-state index contributed by atoms with van der Waals surface area (Å²) in [6.07, 6.45) is 6.85. The molecule has 4 aliphatic rings. The number of methoxy groups -OCH3 is 1. The number of rotatable bonds is 5. The molecule has 1 aromatic rings. The normalized spacial score (nSPS) is 29.3. The third-order valence-electron chi connectivity index (χ3n) is 7.38. The van der Waals surface area contributed by atoms with Gasteiger partial charge < -0.3 is 14.4 Å². The molecule has 1 saturated carbocycles. The third-order valence-corrected chi connectivity index (χ3v) is 7.38. The number of hydrogen-bond donors (Lipinski definition) is 1. The number of nitrogens with zero attached hydrogens (tertiary/aromatic N) is 2. The largest absolute Gasteiger partial charge is 0.489 e. The molecule has 0 aromatic heterocycles. The minimum atomic E-state index is -0.594. The molecule has 1 unspecified atom stereocenters. The molecule has 0 radical (unpaired) electrons. The van der Waals surface area contributed by atoms with Gasteiger partial charge in [0.2, 0.25) is 11.8 Å². The van der Waals surface area contributed by atoms with E-state index >= 15 is 0 Å². The fourth-order valence-electron chi connectivity index (χ4n) is 5.50. The zero-order valence-electron chi connectivity index (χ0n) is 18.5. The molecule has 3 aliphatic heterocycles. The van der Waals surface area contributed by atoms with Crippen molar-refractivity contribution in [1.82, 2.24) is 15.1 Å². The molecule has 8 heteroatoms. The van der Waals surface area contributed by atoms with E-state index in [1.165, 1.54) is 12.8 Å². The van der Waals surface area contributed by atoms with Crippen LogP contribution in [0.25, 0.3) is 0 Å². The highest BCUT2D eigenvalue weighted by atomic mass is 16.5. The lowest BCUT2D eigenvalue weighted by molar-refractivity contribution is -0.136. The van der Waals surface area contributed by atoms with E-state index < -0.39 is 6.04 Å². The smallest absolute Gasteiger partial charge is 0.255 e. The minimum absolute atomic E-state index is 0.122. The van der Waals surface area contributed by atoms with Gasteiger partial charge in [0.1, 0.15) is 17.9 Å². The van der Waals surface area contributed by atoms with E-state index in [1.54, 1.807) is 12.0 Å². The van der Waals surface area contributed by atoms with E-state index in [9.17, 15) is 14.4 Å². The fourth-order valence-corrected chi connectivity index (χ4v) is 5.50. The standard InChI is InChI=1S/C24H31N3O5/c1-31-17-13-26(14-17)19-5-3-2-4-6-21(19)32-16-7-8-18-15(11-16)12-27(24(18)30)20-9-10-22(28)25-23(20)29/h7-8,11,17,19-21H,2-6,9-10,12-14H2,1H3,(H,25,28,29)/t19-,20?,21+/m1/s1. The number of fused-ring (bicyclic) bond motifs is 1. The highest BCUT2D eigenvalue weighted by Gasteiger charge is 2.40. The van der Waals surface area contributed by atoms with Crippen molar-refractivity contribution in [2.24, 2.45) is 0 Å². The molecule has 172 valence electrons. The summed E-state index contributed by atoms with van der Waals surface area (Å²) < 4.78 is 12.0. The monoisotopic (exact) mass is 441 g/mol. The predicted octanol–water partition coefficient (Wildman–Crippen LogP) is 1.86. The van der Waals surface area contributed by atoms with Crippen LogP contribution in [0.3, 0.4) is 0 Å². The lowest BCUT2D eigenvalue weighted by Crippen LogP contribution is -2.59. The van der Waals surface area contributed by atoms with Gasteiger partial charge in [0.15, 0.2) is 0 Å². The van der Waals surface area contributed by atoms with Gasteiger partial charge in [-0.1, -0.05) is 12.8 Å². The van der Waals surface area contributed by atoms with Crippen molar-refractivity contribution in [2.45, 2.75) is 75.8 Å². The fraction of sp³-hybridized carbons (Fsp3) is 0.625. The summed E-state index contributed by atoms with van der Waals surface area (Å²) in [5, 5.41) is 2.35. The van der Waals surface area contributed by atoms with Crippen molar-refractivity contribution in [2.75, 3.05) is 20.2 Å². The van der Waals surface area contributed by atoms with E-state index in [2.05, 4.69) is 10.2 Å². The molecule has 1 N–H and O–H groups in total. The van der Waals surface area contributed by atoms with Gasteiger partial charge in [-0.05, 0) is 49.4 Å². The first kappa shape index (κ1) is 21.4. The number of benzene rings is 1. The quantitative estimate of drug-likeness (QED) is 0.554. The number of carbonyl (C=O) groups excluding carboxylic acids is 3. The SMILES string of the molecule is COC1CN([C@@H]2CCCCC[C@@H]2Oc2ccc3c(c2)CN(C2CCC(=O)NC2=O)C3=O)C1. The predicted molar refractivity (Wildman–Crippen MR) is 116 cm³/mol. The zero-order chi connectivity index (χ0) is 22.2. The van der Waals surface area contributed by atoms with Gasteiger partial charge in [0.25, 0.3) is 5.91 Å². The summed E-state index contributed by atoms with van der Waals surface area (Å²) >= 11 is 0. The first-order chi connectivity index (χ1) is 15.5. The van der Waals surface area contributed by atoms with Gasteiger partial charge in [-0.25, -0.2) is 0 Å². The van der Waals surface area contributed by atoms with Gasteiger partial charge in [0.05, 0.1) is 6.10 Å². The van der Waals surface area contributed by atoms with Crippen molar-refractivity contribution in [3.8, 4) is 5.75 Å². The third kappa shape index (κ3) is 4.01. The molecular weight excluding hydrogens is 410 g/mol. The summed E-state index contributed by atoms with van der Waals surface area (Å²) in [7, 11) is 1.77. The second-order valence-electron chi connectivity index (χ2n) is 9.39. The van der Waals surface area contributed by atoms with Gasteiger partial charge in [0, 0.05) is 44.8 Å². The van der Waals surface area contributed by atoms with Crippen LogP contribution in [0.4, 0.5) is 0 Å². The number of piperidine rings is 1. The van der Waals surface area contributed by atoms with Crippen LogP contribution in [0.1, 0.15) is 60.9 Å². The summed E-state index contributed by atoms with van der Waals surface area (Å²) in [6, 6.07) is 5.44. The maximum Gasteiger partial charge on any atom is 0.255 e.